The molecule has 0 radical (unpaired) electrons. The highest BCUT2D eigenvalue weighted by atomic mass is 32.2. The highest BCUT2D eigenvalue weighted by Crippen LogP contribution is 2.56. The van der Waals surface area contributed by atoms with Gasteiger partial charge in [-0.2, -0.15) is 41.6 Å². The van der Waals surface area contributed by atoms with Crippen molar-refractivity contribution in [1.29, 1.82) is 5.26 Å². The van der Waals surface area contributed by atoms with Gasteiger partial charge in [-0.05, 0) is 57.4 Å². The van der Waals surface area contributed by atoms with Crippen molar-refractivity contribution in [2.45, 2.75) is 80.4 Å². The lowest BCUT2D eigenvalue weighted by Gasteiger charge is -2.33. The summed E-state index contributed by atoms with van der Waals surface area (Å²) in [5, 5.41) is 7.76. The molecule has 2 unspecified atom stereocenters. The summed E-state index contributed by atoms with van der Waals surface area (Å²) in [6.45, 7) is 4.14. The molecule has 10 nitrogen and oxygen atoms in total. The Hall–Kier alpha value is -4.31. The lowest BCUT2D eigenvalue weighted by molar-refractivity contribution is -0.142. The zero-order valence-electron chi connectivity index (χ0n) is 29.5. The van der Waals surface area contributed by atoms with Crippen LogP contribution in [0.1, 0.15) is 56.2 Å². The molecular weight excluding hydrogens is 762 g/mol. The van der Waals surface area contributed by atoms with Crippen LogP contribution in [-0.4, -0.2) is 93.8 Å². The van der Waals surface area contributed by atoms with E-state index < -0.39 is 97.9 Å². The van der Waals surface area contributed by atoms with Crippen LogP contribution in [0.4, 0.5) is 45.7 Å². The molecule has 6 atom stereocenters. The molecule has 0 spiro atoms. The van der Waals surface area contributed by atoms with Gasteiger partial charge >= 0.3 is 24.5 Å². The van der Waals surface area contributed by atoms with Gasteiger partial charge in [-0.1, -0.05) is 17.8 Å². The van der Waals surface area contributed by atoms with Crippen LogP contribution in [0.3, 0.4) is 0 Å². The minimum atomic E-state index is -5.50. The molecule has 294 valence electrons. The number of hydrogen-bond acceptors (Lipinski definition) is 10. The number of cyclic esters (lactones) is 1. The van der Waals surface area contributed by atoms with Crippen molar-refractivity contribution >= 4 is 40.1 Å². The van der Waals surface area contributed by atoms with Crippen LogP contribution in [0, 0.1) is 17.2 Å². The lowest BCUT2D eigenvalue weighted by Crippen LogP contribution is -2.43. The second-order valence-corrected chi connectivity index (χ2v) is 16.3. The predicted octanol–water partition coefficient (Wildman–Crippen LogP) is 7.11. The molecule has 5 aliphatic heterocycles. The maximum Gasteiger partial charge on any atom is 0.419 e. The number of likely N-dealkylation sites (N-methyl/N-ethyl adjacent to an activating group) is 1. The fourth-order valence-corrected chi connectivity index (χ4v) is 10.6. The predicted molar refractivity (Wildman–Crippen MR) is 185 cm³/mol. The molecule has 2 N–H and O–H groups in total. The summed E-state index contributed by atoms with van der Waals surface area (Å²) in [6, 6.07) is 1.14. The molecule has 19 heteroatoms. The average molecular weight is 798 g/mol. The maximum atomic E-state index is 15.7. The van der Waals surface area contributed by atoms with Gasteiger partial charge in [0.1, 0.15) is 31.0 Å². The molecule has 1 aliphatic carbocycles. The van der Waals surface area contributed by atoms with E-state index in [0.29, 0.717) is 30.8 Å². The smallest absolute Gasteiger partial charge is 0.419 e. The number of carbonyl (C=O) groups excluding carboxylic acids is 1. The van der Waals surface area contributed by atoms with E-state index in [-0.39, 0.29) is 62.1 Å². The Kier molecular flexibility index (Phi) is 8.80. The molecule has 8 rings (SSSR count). The summed E-state index contributed by atoms with van der Waals surface area (Å²) >= 11 is 0.646. The third-order valence-electron chi connectivity index (χ3n) is 11.8. The molecule has 55 heavy (non-hydrogen) atoms. The average Bonchev–Trinajstić information content (AvgIpc) is 3.88. The Balaban J connectivity index is 1.37. The highest BCUT2D eigenvalue weighted by molar-refractivity contribution is 8.04. The van der Waals surface area contributed by atoms with E-state index in [0.717, 1.165) is 18.6 Å². The van der Waals surface area contributed by atoms with E-state index in [4.69, 9.17) is 15.2 Å². The van der Waals surface area contributed by atoms with Crippen molar-refractivity contribution in [3.05, 3.63) is 51.3 Å². The quantitative estimate of drug-likeness (QED) is 0.291. The molecule has 0 saturated carbocycles. The van der Waals surface area contributed by atoms with Crippen LogP contribution in [0.5, 0.6) is 6.01 Å². The fraction of sp³-hybridized carbons (Fsp3) is 0.556. The monoisotopic (exact) mass is 797 g/mol. The Morgan fingerprint density at radius 1 is 1.16 bits per heavy atom. The second-order valence-electron chi connectivity index (χ2n) is 15.1. The van der Waals surface area contributed by atoms with Gasteiger partial charge in [-0.3, -0.25) is 9.80 Å². The molecule has 1 aromatic heterocycles. The molecule has 2 aromatic rings. The number of nitrogens with two attached hydrogens (primary N) is 1. The third kappa shape index (κ3) is 5.96. The van der Waals surface area contributed by atoms with E-state index in [1.165, 1.54) is 4.90 Å². The molecule has 1 aromatic carbocycles. The third-order valence-corrected chi connectivity index (χ3v) is 13.1. The molecule has 6 heterocycles. The van der Waals surface area contributed by atoms with E-state index in [2.05, 4.69) is 9.97 Å². The van der Waals surface area contributed by atoms with Crippen molar-refractivity contribution < 1.29 is 49.4 Å². The minimum absolute atomic E-state index is 0.0426. The molecular formula is C36H35F8N7O3S. The van der Waals surface area contributed by atoms with Gasteiger partial charge in [0.05, 0.1) is 55.7 Å². The maximum absolute atomic E-state index is 15.7. The zero-order chi connectivity index (χ0) is 39.4. The minimum Gasteiger partial charge on any atom is -0.461 e. The van der Waals surface area contributed by atoms with Crippen LogP contribution in [0.2, 0.25) is 0 Å². The second kappa shape index (κ2) is 12.9. The van der Waals surface area contributed by atoms with Gasteiger partial charge in [0.25, 0.3) is 0 Å². The van der Waals surface area contributed by atoms with E-state index in [9.17, 15) is 14.4 Å². The zero-order valence-corrected chi connectivity index (χ0v) is 30.3. The number of nitriles is 1. The van der Waals surface area contributed by atoms with Gasteiger partial charge < -0.3 is 20.1 Å². The van der Waals surface area contributed by atoms with Crippen LogP contribution in [0.15, 0.2) is 34.6 Å². The number of aromatic nitrogens is 2. The van der Waals surface area contributed by atoms with Crippen molar-refractivity contribution in [2.75, 3.05) is 44.3 Å². The van der Waals surface area contributed by atoms with Gasteiger partial charge in [-0.25, -0.2) is 13.6 Å². The van der Waals surface area contributed by atoms with Crippen molar-refractivity contribution in [3.8, 4) is 12.1 Å². The number of nitrogens with zero attached hydrogens (tertiary/aromatic N) is 6. The first-order chi connectivity index (χ1) is 25.9. The topological polar surface area (TPSA) is 121 Å². The number of rotatable bonds is 7. The Bertz CT molecular complexity index is 2120. The number of amides is 1. The van der Waals surface area contributed by atoms with E-state index in [1.807, 2.05) is 4.90 Å². The summed E-state index contributed by atoms with van der Waals surface area (Å²) in [5.41, 5.74) is -2.24. The number of thioether (sulfide) groups is 1. The summed E-state index contributed by atoms with van der Waals surface area (Å²) in [7, 11) is 0. The molecule has 4 fully saturated rings. The first-order valence-corrected chi connectivity index (χ1v) is 18.7. The standard InChI is InChI=1S/C36H35F8N7O3S/c1-3-50(18-11-33(2)15-54-32(52)51(33)14-18)30-20-9-22(35(39,40)41)25(19-5-6-23(38)28-24(19)21(12-45)29(46)55-28)26(36(42,43)44)27(20)47-31(48-30)53-16-34-7-4-8-49(34)13-17(37)10-34/h5-6,9,17-18,24,28H,3-4,7-8,10-11,13-16,46H2,1-2H3/t17-,18+,24?,28?,33+,34+/m1/s1. The number of alkyl halides is 7. The van der Waals surface area contributed by atoms with Gasteiger partial charge in [-0.15, -0.1) is 0 Å². The lowest BCUT2D eigenvalue weighted by atomic mass is 9.77. The largest absolute Gasteiger partial charge is 0.461 e. The van der Waals surface area contributed by atoms with Gasteiger partial charge in [0, 0.05) is 42.9 Å². The molecule has 0 bridgehead atoms. The van der Waals surface area contributed by atoms with Crippen molar-refractivity contribution in [2.24, 2.45) is 11.7 Å². The Labute approximate surface area is 314 Å². The molecule has 4 saturated heterocycles. The first-order valence-electron chi connectivity index (χ1n) is 17.8. The summed E-state index contributed by atoms with van der Waals surface area (Å²) in [4.78, 5) is 26.2. The number of allylic oxidation sites excluding steroid dienone is 4. The van der Waals surface area contributed by atoms with Gasteiger partial charge in [0.2, 0.25) is 0 Å². The summed E-state index contributed by atoms with van der Waals surface area (Å²) in [6.07, 6.45) is -9.38. The SMILES string of the molecule is CCN(c1nc(OC[C@@]23CCCN2C[C@H](F)C3)nc2c(C(F)(F)F)c(C3=CC=C(F)C4SC(N)=C(C#N)C34)c(C(F)(F)F)cc12)[C@@H]1CN2C(=O)OC[C@]2(C)C1. The van der Waals surface area contributed by atoms with E-state index >= 15 is 30.7 Å². The number of halogens is 8. The van der Waals surface area contributed by atoms with Crippen molar-refractivity contribution in [1.82, 2.24) is 19.8 Å². The first kappa shape index (κ1) is 37.6. The number of carbonyl (C=O) groups is 1. The number of hydrogen-bond donors (Lipinski definition) is 1. The Morgan fingerprint density at radius 2 is 1.93 bits per heavy atom. The van der Waals surface area contributed by atoms with Crippen LogP contribution in [0.25, 0.3) is 16.5 Å². The van der Waals surface area contributed by atoms with Gasteiger partial charge in [0.15, 0.2) is 0 Å². The van der Waals surface area contributed by atoms with E-state index in [1.54, 1.807) is 24.8 Å². The Morgan fingerprint density at radius 3 is 2.60 bits per heavy atom. The van der Waals surface area contributed by atoms with Crippen LogP contribution < -0.4 is 15.4 Å². The number of benzene rings is 1. The van der Waals surface area contributed by atoms with Crippen LogP contribution >= 0.6 is 11.8 Å². The number of ether oxygens (including phenoxy) is 2. The van der Waals surface area contributed by atoms with Crippen molar-refractivity contribution in [3.63, 3.8) is 0 Å². The molecule has 6 aliphatic rings. The summed E-state index contributed by atoms with van der Waals surface area (Å²) in [5.74, 6) is -2.73. The molecule has 1 amide bonds. The normalized spacial score (nSPS) is 30.6. The van der Waals surface area contributed by atoms with Crippen LogP contribution in [-0.2, 0) is 17.1 Å². The summed E-state index contributed by atoms with van der Waals surface area (Å²) < 4.78 is 134. The fourth-order valence-electron chi connectivity index (χ4n) is 9.43. The number of anilines is 1. The number of fused-ring (bicyclic) bond motifs is 4. The highest BCUT2D eigenvalue weighted by Gasteiger charge is 2.54.